The van der Waals surface area contributed by atoms with E-state index in [-0.39, 0.29) is 0 Å². The number of hydrogen-bond donors (Lipinski definition) is 1. The van der Waals surface area contributed by atoms with Crippen LogP contribution >= 0.6 is 0 Å². The van der Waals surface area contributed by atoms with E-state index in [4.69, 9.17) is 0 Å². The number of carbonyl (C=O) groups excluding carboxylic acids is 1. The molecule has 0 spiro atoms. The van der Waals surface area contributed by atoms with Gasteiger partial charge in [0.05, 0.1) is 0 Å². The lowest BCUT2D eigenvalue weighted by Crippen LogP contribution is -2.58. The zero-order chi connectivity index (χ0) is 15.5. The highest BCUT2D eigenvalue weighted by Crippen LogP contribution is 2.55. The molecule has 0 aromatic rings. The molecule has 0 aromatic heterocycles. The first-order chi connectivity index (χ1) is 8.52. The first-order valence-electron chi connectivity index (χ1n) is 6.28. The van der Waals surface area contributed by atoms with Crippen LogP contribution in [0, 0.1) is 5.41 Å². The standard InChI is InChI=1S/C10H14F5NO.C2H6/c1-3-8(4-9(11,12)5-8)6(2)16-7(17)10(13,14)15;1-2/h6H,3-5H2,1-2H3,(H,16,17);1-2H3. The highest BCUT2D eigenvalue weighted by atomic mass is 19.4. The lowest BCUT2D eigenvalue weighted by atomic mass is 9.60. The van der Waals surface area contributed by atoms with Crippen molar-refractivity contribution in [2.45, 2.75) is 65.1 Å². The number of halogens is 5. The van der Waals surface area contributed by atoms with Crippen molar-refractivity contribution in [1.82, 2.24) is 5.32 Å². The van der Waals surface area contributed by atoms with Crippen molar-refractivity contribution in [2.75, 3.05) is 0 Å². The number of carbonyl (C=O) groups is 1. The summed E-state index contributed by atoms with van der Waals surface area (Å²) in [5.41, 5.74) is -0.926. The Hall–Kier alpha value is -0.880. The first-order valence-corrected chi connectivity index (χ1v) is 6.28. The molecule has 1 unspecified atom stereocenters. The molecule has 1 fully saturated rings. The van der Waals surface area contributed by atoms with E-state index in [1.165, 1.54) is 6.92 Å². The predicted octanol–water partition coefficient (Wildman–Crippen LogP) is 3.91. The van der Waals surface area contributed by atoms with E-state index < -0.39 is 42.3 Å². The fraction of sp³-hybridized carbons (Fsp3) is 0.917. The molecule has 1 rings (SSSR count). The Morgan fingerprint density at radius 2 is 1.68 bits per heavy atom. The van der Waals surface area contributed by atoms with Gasteiger partial charge in [-0.25, -0.2) is 8.78 Å². The van der Waals surface area contributed by atoms with E-state index in [0.717, 1.165) is 0 Å². The molecular weight excluding hydrogens is 269 g/mol. The van der Waals surface area contributed by atoms with Gasteiger partial charge in [-0.05, 0) is 13.3 Å². The van der Waals surface area contributed by atoms with E-state index in [2.05, 4.69) is 0 Å². The van der Waals surface area contributed by atoms with Crippen molar-refractivity contribution in [3.63, 3.8) is 0 Å². The second-order valence-corrected chi connectivity index (χ2v) is 4.62. The van der Waals surface area contributed by atoms with Gasteiger partial charge in [-0.1, -0.05) is 20.8 Å². The molecule has 19 heavy (non-hydrogen) atoms. The van der Waals surface area contributed by atoms with Gasteiger partial charge in [0.15, 0.2) is 0 Å². The zero-order valence-electron chi connectivity index (χ0n) is 11.5. The Labute approximate surface area is 109 Å². The number of alkyl halides is 5. The minimum atomic E-state index is -4.98. The molecule has 0 aromatic carbocycles. The number of nitrogens with one attached hydrogen (secondary N) is 1. The molecule has 0 aliphatic heterocycles. The highest BCUT2D eigenvalue weighted by molar-refractivity contribution is 5.82. The summed E-state index contributed by atoms with van der Waals surface area (Å²) in [4.78, 5) is 10.7. The maximum absolute atomic E-state index is 12.8. The molecule has 2 nitrogen and oxygen atoms in total. The Morgan fingerprint density at radius 1 is 1.26 bits per heavy atom. The van der Waals surface area contributed by atoms with Crippen molar-refractivity contribution in [3.05, 3.63) is 0 Å². The Kier molecular flexibility index (Phi) is 5.77. The van der Waals surface area contributed by atoms with Gasteiger partial charge in [0.25, 0.3) is 0 Å². The normalized spacial score (nSPS) is 21.5. The van der Waals surface area contributed by atoms with Gasteiger partial charge >= 0.3 is 12.1 Å². The van der Waals surface area contributed by atoms with Gasteiger partial charge in [0, 0.05) is 24.3 Å². The van der Waals surface area contributed by atoms with Crippen LogP contribution in [0.2, 0.25) is 0 Å². The average molecular weight is 289 g/mol. The van der Waals surface area contributed by atoms with E-state index in [9.17, 15) is 26.7 Å². The molecule has 114 valence electrons. The summed E-state index contributed by atoms with van der Waals surface area (Å²) >= 11 is 0. The number of hydrogen-bond acceptors (Lipinski definition) is 1. The summed E-state index contributed by atoms with van der Waals surface area (Å²) < 4.78 is 61.7. The number of rotatable bonds is 3. The van der Waals surface area contributed by atoms with Crippen LogP contribution in [0.25, 0.3) is 0 Å². The summed E-state index contributed by atoms with van der Waals surface area (Å²) in [6.45, 7) is 6.97. The van der Waals surface area contributed by atoms with Crippen LogP contribution in [-0.4, -0.2) is 24.0 Å². The summed E-state index contributed by atoms with van der Waals surface area (Å²) in [7, 11) is 0. The van der Waals surface area contributed by atoms with E-state index >= 15 is 0 Å². The van der Waals surface area contributed by atoms with Crippen LogP contribution in [0.5, 0.6) is 0 Å². The molecular formula is C12H20F5NO. The summed E-state index contributed by atoms with van der Waals surface area (Å²) in [5.74, 6) is -4.90. The van der Waals surface area contributed by atoms with Gasteiger partial charge in [0.1, 0.15) is 0 Å². The molecule has 0 bridgehead atoms. The third-order valence-electron chi connectivity index (χ3n) is 3.45. The van der Waals surface area contributed by atoms with Gasteiger partial charge in [-0.2, -0.15) is 13.2 Å². The fourth-order valence-corrected chi connectivity index (χ4v) is 2.27. The van der Waals surface area contributed by atoms with Crippen molar-refractivity contribution < 1.29 is 26.7 Å². The topological polar surface area (TPSA) is 29.1 Å². The molecule has 1 amide bonds. The van der Waals surface area contributed by atoms with Gasteiger partial charge < -0.3 is 5.32 Å². The molecule has 7 heteroatoms. The molecule has 0 radical (unpaired) electrons. The van der Waals surface area contributed by atoms with E-state index in [1.54, 1.807) is 12.2 Å². The Morgan fingerprint density at radius 3 is 1.95 bits per heavy atom. The van der Waals surface area contributed by atoms with Crippen molar-refractivity contribution in [2.24, 2.45) is 5.41 Å². The Bertz CT molecular complexity index is 306. The minimum absolute atomic E-state index is 0.307. The average Bonchev–Trinajstić information content (AvgIpc) is 2.26. The second kappa shape index (κ2) is 6.05. The molecule has 1 atom stereocenters. The maximum atomic E-state index is 12.8. The van der Waals surface area contributed by atoms with Crippen LogP contribution in [0.4, 0.5) is 22.0 Å². The zero-order valence-corrected chi connectivity index (χ0v) is 11.5. The molecule has 0 heterocycles. The minimum Gasteiger partial charge on any atom is -0.345 e. The monoisotopic (exact) mass is 289 g/mol. The molecule has 1 N–H and O–H groups in total. The smallest absolute Gasteiger partial charge is 0.345 e. The van der Waals surface area contributed by atoms with Gasteiger partial charge in [0.2, 0.25) is 5.92 Å². The summed E-state index contributed by atoms with van der Waals surface area (Å²) in [6.07, 6.45) is -5.62. The first kappa shape index (κ1) is 18.1. The highest BCUT2D eigenvalue weighted by Gasteiger charge is 2.58. The van der Waals surface area contributed by atoms with Gasteiger partial charge in [-0.15, -0.1) is 0 Å². The molecule has 1 aliphatic carbocycles. The lowest BCUT2D eigenvalue weighted by molar-refractivity contribution is -0.188. The maximum Gasteiger partial charge on any atom is 0.471 e. The van der Waals surface area contributed by atoms with E-state index in [0.29, 0.717) is 6.42 Å². The SMILES string of the molecule is CC.CCC1(C(C)NC(=O)C(F)(F)F)CC(F)(F)C1. The summed E-state index contributed by atoms with van der Waals surface area (Å²) in [5, 5.41) is 1.75. The molecule has 0 saturated heterocycles. The molecule has 1 aliphatic rings. The van der Waals surface area contributed by atoms with Crippen LogP contribution in [0.3, 0.4) is 0 Å². The lowest BCUT2D eigenvalue weighted by Gasteiger charge is -2.50. The van der Waals surface area contributed by atoms with Gasteiger partial charge in [-0.3, -0.25) is 4.79 Å². The third-order valence-corrected chi connectivity index (χ3v) is 3.45. The van der Waals surface area contributed by atoms with Crippen molar-refractivity contribution in [1.29, 1.82) is 0 Å². The summed E-state index contributed by atoms with van der Waals surface area (Å²) in [6, 6.07) is -0.916. The largest absolute Gasteiger partial charge is 0.471 e. The van der Waals surface area contributed by atoms with Crippen molar-refractivity contribution in [3.8, 4) is 0 Å². The predicted molar refractivity (Wildman–Crippen MR) is 61.9 cm³/mol. The Balaban J connectivity index is 0.00000154. The third kappa shape index (κ3) is 4.31. The molecule has 1 saturated carbocycles. The second-order valence-electron chi connectivity index (χ2n) is 4.62. The van der Waals surface area contributed by atoms with Crippen LogP contribution < -0.4 is 5.32 Å². The van der Waals surface area contributed by atoms with Crippen LogP contribution in [-0.2, 0) is 4.79 Å². The van der Waals surface area contributed by atoms with Crippen LogP contribution in [0.15, 0.2) is 0 Å². The quantitative estimate of drug-likeness (QED) is 0.784. The van der Waals surface area contributed by atoms with Crippen molar-refractivity contribution >= 4 is 5.91 Å². The van der Waals surface area contributed by atoms with Crippen LogP contribution in [0.1, 0.15) is 47.0 Å². The number of amides is 1. The van der Waals surface area contributed by atoms with E-state index in [1.807, 2.05) is 13.8 Å². The fourth-order valence-electron chi connectivity index (χ4n) is 2.27.